The number of benzene rings is 1. The molecule has 1 saturated heterocycles. The molecule has 0 atom stereocenters. The molecule has 0 bridgehead atoms. The molecule has 0 N–H and O–H groups in total. The molecule has 1 aliphatic heterocycles. The quantitative estimate of drug-likeness (QED) is 0.736. The number of rotatable bonds is 1. The van der Waals surface area contributed by atoms with E-state index in [-0.39, 0.29) is 0 Å². The summed E-state index contributed by atoms with van der Waals surface area (Å²) in [5.74, 6) is 0. The lowest BCUT2D eigenvalue weighted by atomic mass is 10.2. The van der Waals surface area contributed by atoms with Crippen molar-refractivity contribution in [1.29, 1.82) is 0 Å². The normalized spacial score (nSPS) is 17.6. The molecule has 0 spiro atoms. The van der Waals surface area contributed by atoms with Crippen molar-refractivity contribution in [2.45, 2.75) is 25.7 Å². The Morgan fingerprint density at radius 3 is 2.40 bits per heavy atom. The van der Waals surface area contributed by atoms with Gasteiger partial charge in [0.1, 0.15) is 0 Å². The maximum atomic E-state index is 6.10. The number of halogens is 2. The van der Waals surface area contributed by atoms with Gasteiger partial charge in [-0.15, -0.1) is 0 Å². The van der Waals surface area contributed by atoms with Crippen LogP contribution in [0.1, 0.15) is 25.7 Å². The van der Waals surface area contributed by atoms with Crippen LogP contribution in [-0.4, -0.2) is 13.1 Å². The van der Waals surface area contributed by atoms with Gasteiger partial charge in [0, 0.05) is 13.1 Å². The highest BCUT2D eigenvalue weighted by Gasteiger charge is 2.13. The van der Waals surface area contributed by atoms with Gasteiger partial charge in [0.2, 0.25) is 0 Å². The second-order valence-electron chi connectivity index (χ2n) is 3.97. The third kappa shape index (κ3) is 2.67. The summed E-state index contributed by atoms with van der Waals surface area (Å²) < 4.78 is 1.04. The van der Waals surface area contributed by atoms with Gasteiger partial charge in [-0.1, -0.05) is 30.5 Å². The minimum absolute atomic E-state index is 0.803. The van der Waals surface area contributed by atoms with E-state index in [1.165, 1.54) is 31.4 Å². The first-order chi connectivity index (χ1) is 7.29. The SMILES string of the molecule is Clc1cccc(N2CCCCCC2)c1Br. The van der Waals surface area contributed by atoms with Gasteiger partial charge in [-0.05, 0) is 40.9 Å². The van der Waals surface area contributed by atoms with E-state index in [0.29, 0.717) is 0 Å². The highest BCUT2D eigenvalue weighted by molar-refractivity contribution is 9.10. The molecule has 0 radical (unpaired) electrons. The van der Waals surface area contributed by atoms with E-state index in [9.17, 15) is 0 Å². The van der Waals surface area contributed by atoms with Crippen molar-refractivity contribution >= 4 is 33.2 Å². The topological polar surface area (TPSA) is 3.24 Å². The lowest BCUT2D eigenvalue weighted by molar-refractivity contribution is 0.726. The third-order valence-electron chi connectivity index (χ3n) is 2.88. The third-order valence-corrected chi connectivity index (χ3v) is 4.25. The molecule has 15 heavy (non-hydrogen) atoms. The van der Waals surface area contributed by atoms with Crippen LogP contribution in [-0.2, 0) is 0 Å². The van der Waals surface area contributed by atoms with Crippen LogP contribution in [0.25, 0.3) is 0 Å². The van der Waals surface area contributed by atoms with Gasteiger partial charge in [-0.2, -0.15) is 0 Å². The minimum Gasteiger partial charge on any atom is -0.371 e. The molecule has 2 rings (SSSR count). The number of hydrogen-bond donors (Lipinski definition) is 0. The first kappa shape index (κ1) is 11.3. The summed E-state index contributed by atoms with van der Waals surface area (Å²) in [7, 11) is 0. The Labute approximate surface area is 105 Å². The molecule has 3 heteroatoms. The minimum atomic E-state index is 0.803. The summed E-state index contributed by atoms with van der Waals surface area (Å²) in [6.07, 6.45) is 5.29. The van der Waals surface area contributed by atoms with Gasteiger partial charge < -0.3 is 4.90 Å². The highest BCUT2D eigenvalue weighted by atomic mass is 79.9. The van der Waals surface area contributed by atoms with E-state index in [4.69, 9.17) is 11.6 Å². The zero-order chi connectivity index (χ0) is 10.7. The van der Waals surface area contributed by atoms with Crippen molar-refractivity contribution in [2.24, 2.45) is 0 Å². The van der Waals surface area contributed by atoms with E-state index in [1.54, 1.807) is 0 Å². The molecule has 1 aromatic rings. The summed E-state index contributed by atoms with van der Waals surface area (Å²) in [5.41, 5.74) is 1.24. The van der Waals surface area contributed by atoms with Gasteiger partial charge in [-0.25, -0.2) is 0 Å². The van der Waals surface area contributed by atoms with Crippen LogP contribution in [0.3, 0.4) is 0 Å². The van der Waals surface area contributed by atoms with Gasteiger partial charge in [0.15, 0.2) is 0 Å². The van der Waals surface area contributed by atoms with E-state index < -0.39 is 0 Å². The van der Waals surface area contributed by atoms with Crippen LogP contribution in [0.15, 0.2) is 22.7 Å². The fourth-order valence-corrected chi connectivity index (χ4v) is 2.73. The predicted octanol–water partition coefficient (Wildman–Crippen LogP) is 4.48. The Balaban J connectivity index is 2.23. The first-order valence-corrected chi connectivity index (χ1v) is 6.65. The molecular weight excluding hydrogens is 273 g/mol. The van der Waals surface area contributed by atoms with Crippen LogP contribution in [0, 0.1) is 0 Å². The van der Waals surface area contributed by atoms with Crippen LogP contribution in [0.2, 0.25) is 5.02 Å². The van der Waals surface area contributed by atoms with Gasteiger partial charge in [0.25, 0.3) is 0 Å². The molecule has 0 amide bonds. The van der Waals surface area contributed by atoms with E-state index in [1.807, 2.05) is 12.1 Å². The molecule has 82 valence electrons. The monoisotopic (exact) mass is 287 g/mol. The fraction of sp³-hybridized carbons (Fsp3) is 0.500. The number of nitrogens with zero attached hydrogens (tertiary/aromatic N) is 1. The van der Waals surface area contributed by atoms with Crippen LogP contribution < -0.4 is 4.90 Å². The fourth-order valence-electron chi connectivity index (χ4n) is 2.05. The average Bonchev–Trinajstić information content (AvgIpc) is 2.50. The molecule has 0 unspecified atom stereocenters. The molecule has 0 saturated carbocycles. The Kier molecular flexibility index (Phi) is 3.92. The Hall–Kier alpha value is -0.210. The lowest BCUT2D eigenvalue weighted by Crippen LogP contribution is -2.24. The molecule has 1 nitrogen and oxygen atoms in total. The average molecular weight is 289 g/mol. The van der Waals surface area contributed by atoms with Crippen molar-refractivity contribution < 1.29 is 0 Å². The van der Waals surface area contributed by atoms with E-state index in [2.05, 4.69) is 26.9 Å². The van der Waals surface area contributed by atoms with Crippen LogP contribution in [0.5, 0.6) is 0 Å². The van der Waals surface area contributed by atoms with Crippen molar-refractivity contribution in [3.8, 4) is 0 Å². The van der Waals surface area contributed by atoms with E-state index in [0.717, 1.165) is 22.6 Å². The second-order valence-corrected chi connectivity index (χ2v) is 5.17. The Morgan fingerprint density at radius 1 is 1.07 bits per heavy atom. The summed E-state index contributed by atoms with van der Waals surface area (Å²) in [4.78, 5) is 2.43. The van der Waals surface area contributed by atoms with Crippen molar-refractivity contribution in [1.82, 2.24) is 0 Å². The molecule has 0 aliphatic carbocycles. The number of hydrogen-bond acceptors (Lipinski definition) is 1. The number of anilines is 1. The largest absolute Gasteiger partial charge is 0.371 e. The van der Waals surface area contributed by atoms with Crippen molar-refractivity contribution in [3.05, 3.63) is 27.7 Å². The molecule has 0 aromatic heterocycles. The van der Waals surface area contributed by atoms with E-state index >= 15 is 0 Å². The molecule has 1 aliphatic rings. The van der Waals surface area contributed by atoms with Gasteiger partial charge >= 0.3 is 0 Å². The summed E-state index contributed by atoms with van der Waals surface area (Å²) >= 11 is 9.67. The lowest BCUT2D eigenvalue weighted by Gasteiger charge is -2.24. The second kappa shape index (κ2) is 5.22. The van der Waals surface area contributed by atoms with Crippen LogP contribution >= 0.6 is 27.5 Å². The van der Waals surface area contributed by atoms with Gasteiger partial charge in [-0.3, -0.25) is 0 Å². The maximum absolute atomic E-state index is 6.10. The summed E-state index contributed by atoms with van der Waals surface area (Å²) in [5, 5.41) is 0.803. The molecule has 1 aromatic carbocycles. The van der Waals surface area contributed by atoms with Crippen molar-refractivity contribution in [3.63, 3.8) is 0 Å². The zero-order valence-electron chi connectivity index (χ0n) is 8.68. The summed E-state index contributed by atoms with van der Waals surface area (Å²) in [6, 6.07) is 6.08. The smallest absolute Gasteiger partial charge is 0.0595 e. The molecule has 1 heterocycles. The van der Waals surface area contributed by atoms with Crippen molar-refractivity contribution in [2.75, 3.05) is 18.0 Å². The highest BCUT2D eigenvalue weighted by Crippen LogP contribution is 2.33. The molecular formula is C12H15BrClN. The van der Waals surface area contributed by atoms with Gasteiger partial charge in [0.05, 0.1) is 15.2 Å². The Morgan fingerprint density at radius 2 is 1.73 bits per heavy atom. The molecule has 1 fully saturated rings. The first-order valence-electron chi connectivity index (χ1n) is 5.48. The summed E-state index contributed by atoms with van der Waals surface area (Å²) in [6.45, 7) is 2.30. The predicted molar refractivity (Wildman–Crippen MR) is 69.8 cm³/mol. The zero-order valence-corrected chi connectivity index (χ0v) is 11.0. The standard InChI is InChI=1S/C12H15BrClN/c13-12-10(14)6-5-7-11(12)15-8-3-1-2-4-9-15/h5-7H,1-4,8-9H2. The van der Waals surface area contributed by atoms with Crippen LogP contribution in [0.4, 0.5) is 5.69 Å². The maximum Gasteiger partial charge on any atom is 0.0595 e. The Bertz CT molecular complexity index is 332.